The number of benzene rings is 1. The van der Waals surface area contributed by atoms with Crippen LogP contribution in [0.4, 0.5) is 4.39 Å². The van der Waals surface area contributed by atoms with E-state index in [2.05, 4.69) is 5.32 Å². The van der Waals surface area contributed by atoms with E-state index in [4.69, 9.17) is 5.73 Å². The van der Waals surface area contributed by atoms with E-state index < -0.39 is 5.54 Å². The van der Waals surface area contributed by atoms with Crippen LogP contribution in [0.5, 0.6) is 0 Å². The minimum absolute atomic E-state index is 0.198. The van der Waals surface area contributed by atoms with Crippen molar-refractivity contribution in [3.63, 3.8) is 0 Å². The molecule has 0 saturated heterocycles. The van der Waals surface area contributed by atoms with Crippen LogP contribution in [0, 0.1) is 5.82 Å². The average molecular weight is 238 g/mol. The highest BCUT2D eigenvalue weighted by Crippen LogP contribution is 2.07. The van der Waals surface area contributed by atoms with Crippen molar-refractivity contribution in [2.24, 2.45) is 5.73 Å². The first-order valence-corrected chi connectivity index (χ1v) is 5.78. The molecule has 4 heteroatoms. The normalized spacial score (nSPS) is 14.1. The second kappa shape index (κ2) is 5.77. The van der Waals surface area contributed by atoms with Crippen molar-refractivity contribution in [3.05, 3.63) is 35.6 Å². The van der Waals surface area contributed by atoms with Gasteiger partial charge in [-0.1, -0.05) is 25.1 Å². The molecule has 0 aliphatic heterocycles. The molecular weight excluding hydrogens is 219 g/mol. The summed E-state index contributed by atoms with van der Waals surface area (Å²) in [6.45, 7) is 3.94. The molecule has 1 amide bonds. The van der Waals surface area contributed by atoms with Crippen molar-refractivity contribution in [1.29, 1.82) is 0 Å². The number of carbonyl (C=O) groups excluding carboxylic acids is 1. The molecule has 0 bridgehead atoms. The molecule has 1 aromatic carbocycles. The van der Waals surface area contributed by atoms with Crippen molar-refractivity contribution in [1.82, 2.24) is 5.32 Å². The number of amides is 1. The first-order valence-electron chi connectivity index (χ1n) is 5.78. The summed E-state index contributed by atoms with van der Waals surface area (Å²) in [4.78, 5) is 11.6. The third-order valence-electron chi connectivity index (χ3n) is 2.89. The van der Waals surface area contributed by atoms with E-state index in [-0.39, 0.29) is 11.7 Å². The zero-order valence-corrected chi connectivity index (χ0v) is 10.3. The Kier molecular flexibility index (Phi) is 4.63. The van der Waals surface area contributed by atoms with Gasteiger partial charge in [0.05, 0.1) is 5.54 Å². The fraction of sp³-hybridized carbons (Fsp3) is 0.462. The van der Waals surface area contributed by atoms with Gasteiger partial charge in [0, 0.05) is 6.54 Å². The lowest BCUT2D eigenvalue weighted by molar-refractivity contribution is -0.125. The van der Waals surface area contributed by atoms with Crippen molar-refractivity contribution in [3.8, 4) is 0 Å². The molecule has 0 aliphatic rings. The first kappa shape index (κ1) is 13.6. The second-order valence-electron chi connectivity index (χ2n) is 4.37. The van der Waals surface area contributed by atoms with Gasteiger partial charge in [-0.05, 0) is 31.4 Å². The van der Waals surface area contributed by atoms with Gasteiger partial charge in [0.15, 0.2) is 0 Å². The molecule has 0 heterocycles. The molecule has 0 spiro atoms. The first-order chi connectivity index (χ1) is 7.97. The van der Waals surface area contributed by atoms with Gasteiger partial charge < -0.3 is 11.1 Å². The number of hydrogen-bond acceptors (Lipinski definition) is 2. The van der Waals surface area contributed by atoms with Crippen LogP contribution in [0.2, 0.25) is 0 Å². The average Bonchev–Trinajstić information content (AvgIpc) is 2.31. The monoisotopic (exact) mass is 238 g/mol. The van der Waals surface area contributed by atoms with Gasteiger partial charge >= 0.3 is 0 Å². The highest BCUT2D eigenvalue weighted by Gasteiger charge is 2.25. The summed E-state index contributed by atoms with van der Waals surface area (Å²) in [6.07, 6.45) is 1.04. The van der Waals surface area contributed by atoms with E-state index in [0.717, 1.165) is 0 Å². The molecule has 1 unspecified atom stereocenters. The predicted octanol–water partition coefficient (Wildman–Crippen LogP) is 1.61. The number of nitrogens with two attached hydrogens (primary N) is 1. The Labute approximate surface area is 101 Å². The molecule has 17 heavy (non-hydrogen) atoms. The SMILES string of the molecule is CCC(C)(N)C(=O)NCCc1ccccc1F. The molecule has 1 aromatic rings. The molecule has 0 saturated carbocycles. The Hall–Kier alpha value is -1.42. The molecule has 94 valence electrons. The van der Waals surface area contributed by atoms with Gasteiger partial charge in [-0.2, -0.15) is 0 Å². The highest BCUT2D eigenvalue weighted by atomic mass is 19.1. The summed E-state index contributed by atoms with van der Waals surface area (Å²) >= 11 is 0. The Balaban J connectivity index is 2.44. The zero-order valence-electron chi connectivity index (χ0n) is 10.3. The van der Waals surface area contributed by atoms with Gasteiger partial charge in [-0.25, -0.2) is 4.39 Å². The highest BCUT2D eigenvalue weighted by molar-refractivity contribution is 5.85. The van der Waals surface area contributed by atoms with E-state index in [0.29, 0.717) is 24.9 Å². The van der Waals surface area contributed by atoms with Crippen LogP contribution < -0.4 is 11.1 Å². The third-order valence-corrected chi connectivity index (χ3v) is 2.89. The van der Waals surface area contributed by atoms with E-state index >= 15 is 0 Å². The Morgan fingerprint density at radius 3 is 2.71 bits per heavy atom. The van der Waals surface area contributed by atoms with Crippen LogP contribution in [0.25, 0.3) is 0 Å². The van der Waals surface area contributed by atoms with E-state index in [9.17, 15) is 9.18 Å². The van der Waals surface area contributed by atoms with E-state index in [1.165, 1.54) is 6.07 Å². The van der Waals surface area contributed by atoms with E-state index in [1.807, 2.05) is 6.92 Å². The topological polar surface area (TPSA) is 55.1 Å². The summed E-state index contributed by atoms with van der Waals surface area (Å²) in [5.41, 5.74) is 5.53. The van der Waals surface area contributed by atoms with Crippen LogP contribution in [0.1, 0.15) is 25.8 Å². The summed E-state index contributed by atoms with van der Waals surface area (Å²) in [6, 6.07) is 6.55. The van der Waals surface area contributed by atoms with E-state index in [1.54, 1.807) is 25.1 Å². The maximum Gasteiger partial charge on any atom is 0.239 e. The van der Waals surface area contributed by atoms with Crippen LogP contribution in [-0.4, -0.2) is 18.0 Å². The predicted molar refractivity (Wildman–Crippen MR) is 66.0 cm³/mol. The Bertz CT molecular complexity index is 391. The maximum atomic E-state index is 13.3. The lowest BCUT2D eigenvalue weighted by Gasteiger charge is -2.21. The Morgan fingerprint density at radius 1 is 1.47 bits per heavy atom. The molecule has 1 atom stereocenters. The summed E-state index contributed by atoms with van der Waals surface area (Å²) in [5, 5.41) is 2.72. The Morgan fingerprint density at radius 2 is 2.12 bits per heavy atom. The number of carbonyl (C=O) groups is 1. The lowest BCUT2D eigenvalue weighted by atomic mass is 9.99. The molecule has 0 radical (unpaired) electrons. The largest absolute Gasteiger partial charge is 0.354 e. The summed E-state index contributed by atoms with van der Waals surface area (Å²) in [7, 11) is 0. The number of rotatable bonds is 5. The van der Waals surface area contributed by atoms with Gasteiger partial charge in [-0.15, -0.1) is 0 Å². The van der Waals surface area contributed by atoms with Crippen LogP contribution in [0.3, 0.4) is 0 Å². The molecular formula is C13H19FN2O. The molecule has 3 nitrogen and oxygen atoms in total. The summed E-state index contributed by atoms with van der Waals surface area (Å²) in [5.74, 6) is -0.441. The van der Waals surface area contributed by atoms with Crippen molar-refractivity contribution in [2.75, 3.05) is 6.54 Å². The smallest absolute Gasteiger partial charge is 0.239 e. The van der Waals surface area contributed by atoms with Gasteiger partial charge in [0.25, 0.3) is 0 Å². The number of halogens is 1. The molecule has 0 fully saturated rings. The molecule has 0 aromatic heterocycles. The van der Waals surface area contributed by atoms with Crippen LogP contribution in [0.15, 0.2) is 24.3 Å². The zero-order chi connectivity index (χ0) is 12.9. The standard InChI is InChI=1S/C13H19FN2O/c1-3-13(2,15)12(17)16-9-8-10-6-4-5-7-11(10)14/h4-7H,3,8-9,15H2,1-2H3,(H,16,17). The summed E-state index contributed by atoms with van der Waals surface area (Å²) < 4.78 is 13.3. The number of nitrogens with one attached hydrogen (secondary N) is 1. The molecule has 3 N–H and O–H groups in total. The molecule has 1 rings (SSSR count). The fourth-order valence-electron chi connectivity index (χ4n) is 1.37. The third kappa shape index (κ3) is 3.82. The minimum Gasteiger partial charge on any atom is -0.354 e. The quantitative estimate of drug-likeness (QED) is 0.819. The van der Waals surface area contributed by atoms with Gasteiger partial charge in [0.2, 0.25) is 5.91 Å². The minimum atomic E-state index is -0.852. The number of hydrogen-bond donors (Lipinski definition) is 2. The fourth-order valence-corrected chi connectivity index (χ4v) is 1.37. The van der Waals surface area contributed by atoms with Crippen LogP contribution >= 0.6 is 0 Å². The van der Waals surface area contributed by atoms with Gasteiger partial charge in [0.1, 0.15) is 5.82 Å². The van der Waals surface area contributed by atoms with Gasteiger partial charge in [-0.3, -0.25) is 4.79 Å². The van der Waals surface area contributed by atoms with Crippen molar-refractivity contribution in [2.45, 2.75) is 32.2 Å². The van der Waals surface area contributed by atoms with Crippen molar-refractivity contribution >= 4 is 5.91 Å². The maximum absolute atomic E-state index is 13.3. The van der Waals surface area contributed by atoms with Crippen molar-refractivity contribution < 1.29 is 9.18 Å². The lowest BCUT2D eigenvalue weighted by Crippen LogP contribution is -2.51. The van der Waals surface area contributed by atoms with Crippen LogP contribution in [-0.2, 0) is 11.2 Å². The molecule has 0 aliphatic carbocycles. The second-order valence-corrected chi connectivity index (χ2v) is 4.37.